The van der Waals surface area contributed by atoms with Crippen LogP contribution in [-0.4, -0.2) is 32.3 Å². The van der Waals surface area contributed by atoms with Gasteiger partial charge in [0.15, 0.2) is 0 Å². The number of hydrogen-bond acceptors (Lipinski definition) is 3. The molecule has 1 saturated carbocycles. The van der Waals surface area contributed by atoms with Crippen molar-refractivity contribution in [1.82, 2.24) is 5.32 Å². The van der Waals surface area contributed by atoms with E-state index >= 15 is 0 Å². The van der Waals surface area contributed by atoms with Gasteiger partial charge in [0.05, 0.1) is 6.61 Å². The van der Waals surface area contributed by atoms with Gasteiger partial charge in [-0.1, -0.05) is 13.0 Å². The van der Waals surface area contributed by atoms with Gasteiger partial charge in [-0.05, 0) is 38.3 Å². The van der Waals surface area contributed by atoms with E-state index in [1.165, 1.54) is 12.8 Å². The van der Waals surface area contributed by atoms with Crippen LogP contribution in [0.5, 0.6) is 0 Å². The lowest BCUT2D eigenvalue weighted by Gasteiger charge is -2.32. The van der Waals surface area contributed by atoms with Gasteiger partial charge in [-0.2, -0.15) is 0 Å². The van der Waals surface area contributed by atoms with E-state index in [4.69, 9.17) is 4.74 Å². The molecule has 0 aliphatic heterocycles. The minimum absolute atomic E-state index is 0.119. The molecule has 118 valence electrons. The Bertz CT molecular complexity index is 448. The number of hydrogen-bond donors (Lipinski definition) is 1. The number of benzene rings is 1. The molecule has 3 nitrogen and oxygen atoms in total. The minimum Gasteiger partial charge on any atom is -0.383 e. The van der Waals surface area contributed by atoms with E-state index in [2.05, 4.69) is 24.1 Å². The average molecular weight is 294 g/mol. The molecule has 4 heteroatoms. The highest BCUT2D eigenvalue weighted by Gasteiger charge is 2.23. The normalized spacial score (nSPS) is 16.0. The summed E-state index contributed by atoms with van der Waals surface area (Å²) >= 11 is 0. The third kappa shape index (κ3) is 4.42. The van der Waals surface area contributed by atoms with E-state index in [0.29, 0.717) is 25.2 Å². The maximum atomic E-state index is 14.3. The van der Waals surface area contributed by atoms with Crippen LogP contribution in [0.25, 0.3) is 0 Å². The number of nitrogens with zero attached hydrogens (tertiary/aromatic N) is 1. The smallest absolute Gasteiger partial charge is 0.129 e. The highest BCUT2D eigenvalue weighted by Crippen LogP contribution is 2.27. The molecule has 0 radical (unpaired) electrons. The number of ether oxygens (including phenoxy) is 1. The van der Waals surface area contributed by atoms with Crippen molar-refractivity contribution in [2.75, 3.05) is 25.2 Å². The van der Waals surface area contributed by atoms with Crippen LogP contribution in [-0.2, 0) is 11.3 Å². The van der Waals surface area contributed by atoms with Crippen LogP contribution in [0.1, 0.15) is 38.7 Å². The predicted molar refractivity (Wildman–Crippen MR) is 85.2 cm³/mol. The molecule has 0 heterocycles. The molecule has 0 amide bonds. The molecule has 21 heavy (non-hydrogen) atoms. The first-order valence-corrected chi connectivity index (χ1v) is 7.93. The van der Waals surface area contributed by atoms with E-state index in [1.807, 2.05) is 6.07 Å². The molecule has 1 aliphatic carbocycles. The number of methoxy groups -OCH3 is 1. The average Bonchev–Trinajstić information content (AvgIpc) is 3.30. The fraction of sp³-hybridized carbons (Fsp3) is 0.647. The fourth-order valence-electron chi connectivity index (χ4n) is 2.51. The quantitative estimate of drug-likeness (QED) is 0.756. The molecule has 0 spiro atoms. The van der Waals surface area contributed by atoms with Gasteiger partial charge in [-0.15, -0.1) is 0 Å². The monoisotopic (exact) mass is 294 g/mol. The van der Waals surface area contributed by atoms with Gasteiger partial charge in [-0.25, -0.2) is 4.39 Å². The molecule has 1 aromatic rings. The second-order valence-electron chi connectivity index (χ2n) is 5.84. The minimum atomic E-state index is -0.119. The molecular weight excluding hydrogens is 267 g/mol. The predicted octanol–water partition coefficient (Wildman–Crippen LogP) is 3.33. The van der Waals surface area contributed by atoms with E-state index in [1.54, 1.807) is 19.2 Å². The Hall–Kier alpha value is -1.13. The lowest BCUT2D eigenvalue weighted by molar-refractivity contribution is 0.203. The van der Waals surface area contributed by atoms with E-state index in [9.17, 15) is 4.39 Å². The lowest BCUT2D eigenvalue weighted by atomic mass is 10.1. The maximum Gasteiger partial charge on any atom is 0.129 e. The number of rotatable bonds is 9. The molecule has 2 rings (SSSR count). The highest BCUT2D eigenvalue weighted by molar-refractivity contribution is 5.55. The van der Waals surface area contributed by atoms with E-state index in [0.717, 1.165) is 24.2 Å². The molecule has 1 atom stereocenters. The van der Waals surface area contributed by atoms with Crippen molar-refractivity contribution in [2.24, 2.45) is 0 Å². The summed E-state index contributed by atoms with van der Waals surface area (Å²) < 4.78 is 19.5. The zero-order valence-corrected chi connectivity index (χ0v) is 13.4. The highest BCUT2D eigenvalue weighted by atomic mass is 19.1. The van der Waals surface area contributed by atoms with Crippen molar-refractivity contribution in [3.63, 3.8) is 0 Å². The summed E-state index contributed by atoms with van der Waals surface area (Å²) in [5, 5.41) is 3.42. The van der Waals surface area contributed by atoms with Gasteiger partial charge >= 0.3 is 0 Å². The first kappa shape index (κ1) is 16.2. The summed E-state index contributed by atoms with van der Waals surface area (Å²) in [5.74, 6) is -0.119. The second kappa shape index (κ2) is 7.76. The van der Waals surface area contributed by atoms with Gasteiger partial charge in [0.25, 0.3) is 0 Å². The van der Waals surface area contributed by atoms with Gasteiger partial charge < -0.3 is 15.0 Å². The molecular formula is C17H27FN2O. The largest absolute Gasteiger partial charge is 0.383 e. The standard InChI is InChI=1S/C17H27FN2O/c1-4-13(2)20(10-11-21-3)17-7-5-6-16(18)15(17)12-19-14-8-9-14/h5-7,13-14,19H,4,8-12H2,1-3H3. The topological polar surface area (TPSA) is 24.5 Å². The molecule has 1 fully saturated rings. The first-order chi connectivity index (χ1) is 10.2. The van der Waals surface area contributed by atoms with Crippen LogP contribution in [0.3, 0.4) is 0 Å². The summed E-state index contributed by atoms with van der Waals surface area (Å²) in [5.41, 5.74) is 1.77. The second-order valence-corrected chi connectivity index (χ2v) is 5.84. The molecule has 1 aliphatic rings. The number of halogens is 1. The van der Waals surface area contributed by atoms with Crippen molar-refractivity contribution in [3.05, 3.63) is 29.6 Å². The van der Waals surface area contributed by atoms with E-state index in [-0.39, 0.29) is 5.82 Å². The maximum absolute atomic E-state index is 14.3. The molecule has 0 bridgehead atoms. The van der Waals surface area contributed by atoms with Crippen LogP contribution < -0.4 is 10.2 Å². The Balaban J connectivity index is 2.21. The molecule has 1 unspecified atom stereocenters. The van der Waals surface area contributed by atoms with Crippen molar-refractivity contribution in [2.45, 2.75) is 51.7 Å². The number of anilines is 1. The Kier molecular flexibility index (Phi) is 6.00. The van der Waals surface area contributed by atoms with Crippen LogP contribution in [0, 0.1) is 5.82 Å². The van der Waals surface area contributed by atoms with Crippen LogP contribution in [0.15, 0.2) is 18.2 Å². The molecule has 0 aromatic heterocycles. The lowest BCUT2D eigenvalue weighted by Crippen LogP contribution is -2.36. The SMILES string of the molecule is CCC(C)N(CCOC)c1cccc(F)c1CNC1CC1. The van der Waals surface area contributed by atoms with Crippen LogP contribution in [0.4, 0.5) is 10.1 Å². The third-order valence-corrected chi connectivity index (χ3v) is 4.21. The number of nitrogens with one attached hydrogen (secondary N) is 1. The first-order valence-electron chi connectivity index (χ1n) is 7.93. The van der Waals surface area contributed by atoms with Gasteiger partial charge in [0.2, 0.25) is 0 Å². The van der Waals surface area contributed by atoms with Crippen molar-refractivity contribution >= 4 is 5.69 Å². The summed E-state index contributed by atoms with van der Waals surface area (Å²) in [7, 11) is 1.70. The summed E-state index contributed by atoms with van der Waals surface area (Å²) in [6.45, 7) is 6.37. The van der Waals surface area contributed by atoms with Gasteiger partial charge in [-0.3, -0.25) is 0 Å². The molecule has 1 aromatic carbocycles. The molecule has 1 N–H and O–H groups in total. The fourth-order valence-corrected chi connectivity index (χ4v) is 2.51. The van der Waals surface area contributed by atoms with Crippen molar-refractivity contribution in [1.29, 1.82) is 0 Å². The summed E-state index contributed by atoms with van der Waals surface area (Å²) in [6.07, 6.45) is 3.45. The summed E-state index contributed by atoms with van der Waals surface area (Å²) in [4.78, 5) is 2.26. The zero-order valence-electron chi connectivity index (χ0n) is 13.4. The Morgan fingerprint density at radius 3 is 2.81 bits per heavy atom. The third-order valence-electron chi connectivity index (χ3n) is 4.21. The van der Waals surface area contributed by atoms with Gasteiger partial charge in [0.1, 0.15) is 5.82 Å². The summed E-state index contributed by atoms with van der Waals surface area (Å²) in [6, 6.07) is 6.32. The Labute approximate surface area is 127 Å². The van der Waals surface area contributed by atoms with Gasteiger partial charge in [0, 0.05) is 43.5 Å². The Morgan fingerprint density at radius 2 is 2.19 bits per heavy atom. The Morgan fingerprint density at radius 1 is 1.43 bits per heavy atom. The molecule has 0 saturated heterocycles. The van der Waals surface area contributed by atoms with Crippen LogP contribution in [0.2, 0.25) is 0 Å². The van der Waals surface area contributed by atoms with Crippen molar-refractivity contribution < 1.29 is 9.13 Å². The van der Waals surface area contributed by atoms with Crippen LogP contribution >= 0.6 is 0 Å². The zero-order chi connectivity index (χ0) is 15.2. The van der Waals surface area contributed by atoms with E-state index < -0.39 is 0 Å². The van der Waals surface area contributed by atoms with Crippen molar-refractivity contribution in [3.8, 4) is 0 Å².